The van der Waals surface area contributed by atoms with E-state index in [9.17, 15) is 0 Å². The van der Waals surface area contributed by atoms with Crippen molar-refractivity contribution in [3.63, 3.8) is 0 Å². The predicted molar refractivity (Wildman–Crippen MR) is 54.6 cm³/mol. The first-order valence-electron chi connectivity index (χ1n) is 4.01. The molecule has 0 aliphatic carbocycles. The van der Waals surface area contributed by atoms with E-state index in [1.54, 1.807) is 18.5 Å². The van der Waals surface area contributed by atoms with E-state index >= 15 is 0 Å². The Morgan fingerprint density at radius 1 is 1.07 bits per heavy atom. The molecule has 0 fully saturated rings. The molecule has 0 saturated carbocycles. The smallest absolute Gasteiger partial charge is 0.229 e. The summed E-state index contributed by atoms with van der Waals surface area (Å²) in [7, 11) is 0. The average Bonchev–Trinajstić information content (AvgIpc) is 2.19. The Morgan fingerprint density at radius 3 is 2.71 bits per heavy atom. The maximum absolute atomic E-state index is 5.70. The number of hydrogen-bond donors (Lipinski definition) is 1. The first kappa shape index (κ1) is 8.90. The highest BCUT2D eigenvalue weighted by Crippen LogP contribution is 2.10. The van der Waals surface area contributed by atoms with Gasteiger partial charge in [-0.2, -0.15) is 0 Å². The highest BCUT2D eigenvalue weighted by molar-refractivity contribution is 6.29. The van der Waals surface area contributed by atoms with Gasteiger partial charge in [0.05, 0.1) is 0 Å². The molecule has 2 aromatic heterocycles. The lowest BCUT2D eigenvalue weighted by Crippen LogP contribution is -1.97. The minimum Gasteiger partial charge on any atom is -0.309 e. The highest BCUT2D eigenvalue weighted by Gasteiger charge is 1.97. The molecule has 0 atom stereocenters. The van der Waals surface area contributed by atoms with Crippen LogP contribution in [0.3, 0.4) is 0 Å². The van der Waals surface area contributed by atoms with Crippen molar-refractivity contribution < 1.29 is 0 Å². The summed E-state index contributed by atoms with van der Waals surface area (Å²) in [6.07, 6.45) is 3.27. The van der Waals surface area contributed by atoms with Crippen molar-refractivity contribution in [2.45, 2.75) is 0 Å². The number of pyridine rings is 1. The minimum absolute atomic E-state index is 0.401. The van der Waals surface area contributed by atoms with Gasteiger partial charge in [-0.25, -0.2) is 15.0 Å². The van der Waals surface area contributed by atoms with Gasteiger partial charge in [0.1, 0.15) is 11.0 Å². The molecule has 70 valence electrons. The topological polar surface area (TPSA) is 50.7 Å². The van der Waals surface area contributed by atoms with Crippen LogP contribution in [0.15, 0.2) is 36.7 Å². The molecule has 0 spiro atoms. The van der Waals surface area contributed by atoms with Crippen molar-refractivity contribution in [2.75, 3.05) is 5.32 Å². The number of halogens is 1. The molecule has 14 heavy (non-hydrogen) atoms. The molecule has 5 heteroatoms. The number of rotatable bonds is 2. The van der Waals surface area contributed by atoms with E-state index in [2.05, 4.69) is 20.3 Å². The lowest BCUT2D eigenvalue weighted by atomic mass is 10.5. The predicted octanol–water partition coefficient (Wildman–Crippen LogP) is 2.27. The summed E-state index contributed by atoms with van der Waals surface area (Å²) in [5.74, 6) is 1.13. The molecule has 1 N–H and O–H groups in total. The molecular weight excluding hydrogens is 200 g/mol. The summed E-state index contributed by atoms with van der Waals surface area (Å²) in [5, 5.41) is 3.33. The minimum atomic E-state index is 0.401. The molecule has 0 aliphatic heterocycles. The summed E-state index contributed by atoms with van der Waals surface area (Å²) in [4.78, 5) is 12.0. The summed E-state index contributed by atoms with van der Waals surface area (Å²) in [6, 6.07) is 7.15. The zero-order chi connectivity index (χ0) is 9.80. The van der Waals surface area contributed by atoms with Crippen LogP contribution in [0, 0.1) is 0 Å². The fourth-order valence-corrected chi connectivity index (χ4v) is 1.08. The molecular formula is C9H7ClN4. The number of hydrogen-bond acceptors (Lipinski definition) is 4. The van der Waals surface area contributed by atoms with E-state index in [1.165, 1.54) is 0 Å². The van der Waals surface area contributed by atoms with Gasteiger partial charge in [-0.05, 0) is 18.2 Å². The van der Waals surface area contributed by atoms with Gasteiger partial charge in [0, 0.05) is 12.4 Å². The molecule has 0 aromatic carbocycles. The maximum atomic E-state index is 5.70. The fourth-order valence-electron chi connectivity index (χ4n) is 0.948. The molecule has 2 heterocycles. The van der Waals surface area contributed by atoms with Crippen molar-refractivity contribution in [3.05, 3.63) is 41.8 Å². The number of anilines is 2. The van der Waals surface area contributed by atoms with Crippen LogP contribution in [0.4, 0.5) is 11.8 Å². The van der Waals surface area contributed by atoms with Gasteiger partial charge in [0.15, 0.2) is 0 Å². The molecule has 2 aromatic rings. The van der Waals surface area contributed by atoms with E-state index in [1.807, 2.05) is 18.2 Å². The Balaban J connectivity index is 2.19. The second-order valence-corrected chi connectivity index (χ2v) is 2.93. The van der Waals surface area contributed by atoms with Crippen LogP contribution in [-0.4, -0.2) is 15.0 Å². The molecule has 0 saturated heterocycles. The number of aromatic nitrogens is 3. The Kier molecular flexibility index (Phi) is 2.55. The van der Waals surface area contributed by atoms with Gasteiger partial charge in [0.25, 0.3) is 0 Å². The van der Waals surface area contributed by atoms with Crippen molar-refractivity contribution in [1.82, 2.24) is 15.0 Å². The third-order valence-corrected chi connectivity index (χ3v) is 1.74. The van der Waals surface area contributed by atoms with Crippen LogP contribution >= 0.6 is 11.6 Å². The standard InChI is InChI=1S/C9H7ClN4/c10-7-4-6-12-9(13-7)14-8-3-1-2-5-11-8/h1-6H,(H,11,12,13,14). The van der Waals surface area contributed by atoms with Crippen LogP contribution < -0.4 is 5.32 Å². The van der Waals surface area contributed by atoms with E-state index in [-0.39, 0.29) is 0 Å². The summed E-state index contributed by atoms with van der Waals surface area (Å²) >= 11 is 5.70. The van der Waals surface area contributed by atoms with Crippen molar-refractivity contribution in [2.24, 2.45) is 0 Å². The maximum Gasteiger partial charge on any atom is 0.229 e. The summed E-state index contributed by atoms with van der Waals surface area (Å²) in [5.41, 5.74) is 0. The van der Waals surface area contributed by atoms with E-state index in [4.69, 9.17) is 11.6 Å². The van der Waals surface area contributed by atoms with E-state index in [0.717, 1.165) is 0 Å². The quantitative estimate of drug-likeness (QED) is 0.766. The second-order valence-electron chi connectivity index (χ2n) is 2.54. The SMILES string of the molecule is Clc1ccnc(Nc2ccccn2)n1. The molecule has 2 rings (SSSR count). The fraction of sp³-hybridized carbons (Fsp3) is 0. The van der Waals surface area contributed by atoms with Gasteiger partial charge < -0.3 is 5.32 Å². The van der Waals surface area contributed by atoms with Crippen LogP contribution in [0.5, 0.6) is 0 Å². The third kappa shape index (κ3) is 2.17. The Bertz CT molecular complexity index is 418. The highest BCUT2D eigenvalue weighted by atomic mass is 35.5. The Labute approximate surface area is 86.0 Å². The van der Waals surface area contributed by atoms with E-state index < -0.39 is 0 Å². The number of nitrogens with one attached hydrogen (secondary N) is 1. The van der Waals surface area contributed by atoms with Crippen molar-refractivity contribution in [3.8, 4) is 0 Å². The Morgan fingerprint density at radius 2 is 2.00 bits per heavy atom. The van der Waals surface area contributed by atoms with E-state index in [0.29, 0.717) is 16.9 Å². The zero-order valence-corrected chi connectivity index (χ0v) is 7.94. The third-order valence-electron chi connectivity index (χ3n) is 1.53. The molecule has 0 amide bonds. The van der Waals surface area contributed by atoms with Crippen molar-refractivity contribution in [1.29, 1.82) is 0 Å². The van der Waals surface area contributed by atoms with Gasteiger partial charge in [0.2, 0.25) is 5.95 Å². The average molecular weight is 207 g/mol. The van der Waals surface area contributed by atoms with Gasteiger partial charge in [-0.15, -0.1) is 0 Å². The molecule has 0 unspecified atom stereocenters. The Hall–Kier alpha value is -1.68. The zero-order valence-electron chi connectivity index (χ0n) is 7.18. The largest absolute Gasteiger partial charge is 0.309 e. The van der Waals surface area contributed by atoms with Crippen LogP contribution in [0.25, 0.3) is 0 Å². The van der Waals surface area contributed by atoms with Gasteiger partial charge in [-0.1, -0.05) is 17.7 Å². The molecule has 0 aliphatic rings. The summed E-state index contributed by atoms with van der Waals surface area (Å²) in [6.45, 7) is 0. The van der Waals surface area contributed by atoms with Crippen LogP contribution in [0.2, 0.25) is 5.15 Å². The van der Waals surface area contributed by atoms with Crippen molar-refractivity contribution >= 4 is 23.4 Å². The molecule has 0 bridgehead atoms. The molecule has 4 nitrogen and oxygen atoms in total. The van der Waals surface area contributed by atoms with Crippen LogP contribution in [0.1, 0.15) is 0 Å². The lowest BCUT2D eigenvalue weighted by Gasteiger charge is -2.02. The van der Waals surface area contributed by atoms with Crippen LogP contribution in [-0.2, 0) is 0 Å². The lowest BCUT2D eigenvalue weighted by molar-refractivity contribution is 1.15. The second kappa shape index (κ2) is 4.02. The molecule has 0 radical (unpaired) electrons. The van der Waals surface area contributed by atoms with Gasteiger partial charge in [-0.3, -0.25) is 0 Å². The number of nitrogens with zero attached hydrogens (tertiary/aromatic N) is 3. The first-order valence-corrected chi connectivity index (χ1v) is 4.39. The first-order chi connectivity index (χ1) is 6.84. The van der Waals surface area contributed by atoms with Gasteiger partial charge >= 0.3 is 0 Å². The normalized spacial score (nSPS) is 9.79. The summed E-state index contributed by atoms with van der Waals surface area (Å²) < 4.78 is 0. The monoisotopic (exact) mass is 206 g/mol.